The smallest absolute Gasteiger partial charge is 0.323 e. The number of carbonyl (C=O) groups is 2. The maximum absolute atomic E-state index is 12.3. The Bertz CT molecular complexity index is 496. The molecule has 0 spiro atoms. The second kappa shape index (κ2) is 8.49. The molecule has 0 saturated carbocycles. The fraction of sp³-hybridized carbons (Fsp3) is 0.429. The minimum absolute atomic E-state index is 0.224. The van der Waals surface area contributed by atoms with Crippen molar-refractivity contribution in [3.63, 3.8) is 0 Å². The molecule has 2 amide bonds. The van der Waals surface area contributed by atoms with Gasteiger partial charge in [0.15, 0.2) is 0 Å². The number of carboxylic acids is 1. The minimum Gasteiger partial charge on any atom is -0.480 e. The summed E-state index contributed by atoms with van der Waals surface area (Å²) in [5.41, 5.74) is 0.875. The monoisotopic (exact) mass is 314 g/mol. The van der Waals surface area contributed by atoms with Crippen molar-refractivity contribution < 1.29 is 19.4 Å². The lowest BCUT2D eigenvalue weighted by Crippen LogP contribution is -2.44. The molecule has 7 heteroatoms. The van der Waals surface area contributed by atoms with Crippen molar-refractivity contribution in [1.82, 2.24) is 9.80 Å². The lowest BCUT2D eigenvalue weighted by atomic mass is 10.2. The normalized spacial score (nSPS) is 10.2. The van der Waals surface area contributed by atoms with E-state index in [0.29, 0.717) is 11.6 Å². The topological polar surface area (TPSA) is 70.1 Å². The Morgan fingerprint density at radius 2 is 2.10 bits per heavy atom. The van der Waals surface area contributed by atoms with E-state index in [1.165, 1.54) is 16.9 Å². The van der Waals surface area contributed by atoms with Gasteiger partial charge in [-0.2, -0.15) is 0 Å². The molecule has 0 aliphatic carbocycles. The zero-order chi connectivity index (χ0) is 15.8. The summed E-state index contributed by atoms with van der Waals surface area (Å²) < 4.78 is 4.90. The molecule has 0 aromatic heterocycles. The first-order valence-corrected chi connectivity index (χ1v) is 6.77. The quantitative estimate of drug-likeness (QED) is 0.835. The molecule has 1 aromatic rings. The molecule has 21 heavy (non-hydrogen) atoms. The van der Waals surface area contributed by atoms with Crippen LogP contribution in [0.4, 0.5) is 4.79 Å². The first-order valence-electron chi connectivity index (χ1n) is 6.39. The Morgan fingerprint density at radius 3 is 2.67 bits per heavy atom. The molecule has 0 heterocycles. The highest BCUT2D eigenvalue weighted by atomic mass is 35.5. The molecule has 0 saturated heterocycles. The van der Waals surface area contributed by atoms with Crippen LogP contribution in [-0.4, -0.2) is 60.8 Å². The lowest BCUT2D eigenvalue weighted by Gasteiger charge is -2.27. The van der Waals surface area contributed by atoms with E-state index >= 15 is 0 Å². The molecule has 1 N–H and O–H groups in total. The minimum atomic E-state index is -1.06. The second-order valence-electron chi connectivity index (χ2n) is 4.58. The van der Waals surface area contributed by atoms with Crippen LogP contribution in [0, 0.1) is 0 Å². The van der Waals surface area contributed by atoms with Crippen LogP contribution < -0.4 is 0 Å². The van der Waals surface area contributed by atoms with Gasteiger partial charge in [0.2, 0.25) is 0 Å². The summed E-state index contributed by atoms with van der Waals surface area (Å²) in [4.78, 5) is 25.8. The number of hydrogen-bond donors (Lipinski definition) is 1. The van der Waals surface area contributed by atoms with Crippen LogP contribution in [0.25, 0.3) is 0 Å². The van der Waals surface area contributed by atoms with Crippen molar-refractivity contribution in [2.45, 2.75) is 6.54 Å². The number of hydrogen-bond acceptors (Lipinski definition) is 3. The van der Waals surface area contributed by atoms with Gasteiger partial charge in [-0.15, -0.1) is 0 Å². The van der Waals surface area contributed by atoms with E-state index in [2.05, 4.69) is 0 Å². The van der Waals surface area contributed by atoms with Gasteiger partial charge in [-0.3, -0.25) is 4.79 Å². The molecule has 0 aliphatic heterocycles. The Balaban J connectivity index is 2.70. The predicted molar refractivity (Wildman–Crippen MR) is 79.4 cm³/mol. The third-order valence-electron chi connectivity index (χ3n) is 2.80. The molecule has 0 bridgehead atoms. The van der Waals surface area contributed by atoms with Crippen molar-refractivity contribution in [2.24, 2.45) is 0 Å². The average Bonchev–Trinajstić information content (AvgIpc) is 2.42. The lowest BCUT2D eigenvalue weighted by molar-refractivity contribution is -0.137. The van der Waals surface area contributed by atoms with Crippen LogP contribution >= 0.6 is 11.6 Å². The van der Waals surface area contributed by atoms with Crippen LogP contribution in [0.3, 0.4) is 0 Å². The number of methoxy groups -OCH3 is 1. The van der Waals surface area contributed by atoms with E-state index in [-0.39, 0.29) is 25.7 Å². The summed E-state index contributed by atoms with van der Waals surface area (Å²) in [5.74, 6) is -1.06. The van der Waals surface area contributed by atoms with E-state index in [9.17, 15) is 9.59 Å². The van der Waals surface area contributed by atoms with Crippen LogP contribution in [0.5, 0.6) is 0 Å². The van der Waals surface area contributed by atoms with Crippen molar-refractivity contribution >= 4 is 23.6 Å². The molecule has 1 rings (SSSR count). The standard InChI is InChI=1S/C14H19ClN2O4/c1-16(9-11-4-3-5-12(15)8-11)14(20)17(6-7-21-2)10-13(18)19/h3-5,8H,6-7,9-10H2,1-2H3,(H,18,19). The molecule has 6 nitrogen and oxygen atoms in total. The zero-order valence-corrected chi connectivity index (χ0v) is 12.8. The number of ether oxygens (including phenoxy) is 1. The summed E-state index contributed by atoms with van der Waals surface area (Å²) in [5, 5.41) is 9.46. The molecule has 0 aliphatic rings. The highest BCUT2D eigenvalue weighted by Crippen LogP contribution is 2.13. The van der Waals surface area contributed by atoms with E-state index in [1.807, 2.05) is 6.07 Å². The van der Waals surface area contributed by atoms with Crippen molar-refractivity contribution in [2.75, 3.05) is 33.9 Å². The van der Waals surface area contributed by atoms with Gasteiger partial charge < -0.3 is 19.6 Å². The van der Waals surface area contributed by atoms with Gasteiger partial charge in [-0.1, -0.05) is 23.7 Å². The van der Waals surface area contributed by atoms with Crippen molar-refractivity contribution in [3.8, 4) is 0 Å². The number of nitrogens with zero attached hydrogens (tertiary/aromatic N) is 2. The Morgan fingerprint density at radius 1 is 1.38 bits per heavy atom. The third-order valence-corrected chi connectivity index (χ3v) is 3.03. The number of rotatable bonds is 7. The van der Waals surface area contributed by atoms with Gasteiger partial charge in [0.1, 0.15) is 6.54 Å². The second-order valence-corrected chi connectivity index (χ2v) is 5.01. The van der Waals surface area contributed by atoms with E-state index in [4.69, 9.17) is 21.4 Å². The molecule has 116 valence electrons. The van der Waals surface area contributed by atoms with Crippen LogP contribution in [-0.2, 0) is 16.1 Å². The number of carbonyl (C=O) groups excluding carboxylic acids is 1. The molecule has 0 radical (unpaired) electrons. The van der Waals surface area contributed by atoms with Gasteiger partial charge in [-0.05, 0) is 17.7 Å². The highest BCUT2D eigenvalue weighted by Gasteiger charge is 2.20. The van der Waals surface area contributed by atoms with Gasteiger partial charge in [0.05, 0.1) is 6.61 Å². The predicted octanol–water partition coefficient (Wildman–Crippen LogP) is 1.92. The Hall–Kier alpha value is -1.79. The van der Waals surface area contributed by atoms with E-state index in [1.54, 1.807) is 25.2 Å². The molecule has 0 atom stereocenters. The summed E-state index contributed by atoms with van der Waals surface area (Å²) in [6.07, 6.45) is 0. The third kappa shape index (κ3) is 6.01. The maximum Gasteiger partial charge on any atom is 0.323 e. The fourth-order valence-electron chi connectivity index (χ4n) is 1.83. The van der Waals surface area contributed by atoms with Gasteiger partial charge in [0.25, 0.3) is 0 Å². The van der Waals surface area contributed by atoms with Crippen LogP contribution in [0.15, 0.2) is 24.3 Å². The first kappa shape index (κ1) is 17.3. The number of urea groups is 1. The summed E-state index contributed by atoms with van der Waals surface area (Å²) >= 11 is 5.90. The number of carboxylic acid groups (broad SMARTS) is 1. The SMILES string of the molecule is COCCN(CC(=O)O)C(=O)N(C)Cc1cccc(Cl)c1. The van der Waals surface area contributed by atoms with Crippen molar-refractivity contribution in [1.29, 1.82) is 0 Å². The average molecular weight is 315 g/mol. The van der Waals surface area contributed by atoms with Crippen LogP contribution in [0.2, 0.25) is 5.02 Å². The molecular weight excluding hydrogens is 296 g/mol. The van der Waals surface area contributed by atoms with Gasteiger partial charge >= 0.3 is 12.0 Å². The molecule has 0 unspecified atom stereocenters. The first-order chi connectivity index (χ1) is 9.93. The maximum atomic E-state index is 12.3. The van der Waals surface area contributed by atoms with E-state index in [0.717, 1.165) is 5.56 Å². The molecular formula is C14H19ClN2O4. The summed E-state index contributed by atoms with van der Waals surface area (Å²) in [6.45, 7) is 0.496. The van der Waals surface area contributed by atoms with E-state index < -0.39 is 5.97 Å². The number of aliphatic carboxylic acids is 1. The molecule has 0 fully saturated rings. The number of benzene rings is 1. The Kier molecular flexibility index (Phi) is 6.98. The summed E-state index contributed by atoms with van der Waals surface area (Å²) in [7, 11) is 3.12. The van der Waals surface area contributed by atoms with Crippen LogP contribution in [0.1, 0.15) is 5.56 Å². The number of amides is 2. The highest BCUT2D eigenvalue weighted by molar-refractivity contribution is 6.30. The van der Waals surface area contributed by atoms with Gasteiger partial charge in [-0.25, -0.2) is 4.79 Å². The Labute approximate surface area is 128 Å². The van der Waals surface area contributed by atoms with Crippen molar-refractivity contribution in [3.05, 3.63) is 34.9 Å². The van der Waals surface area contributed by atoms with Gasteiger partial charge in [0, 0.05) is 32.3 Å². The summed E-state index contributed by atoms with van der Waals surface area (Å²) in [6, 6.07) is 6.81. The number of halogens is 1. The zero-order valence-electron chi connectivity index (χ0n) is 12.1. The fourth-order valence-corrected chi connectivity index (χ4v) is 2.04. The molecule has 1 aromatic carbocycles. The largest absolute Gasteiger partial charge is 0.480 e.